The van der Waals surface area contributed by atoms with Crippen LogP contribution < -0.4 is 5.56 Å². The van der Waals surface area contributed by atoms with Gasteiger partial charge in [0.1, 0.15) is 0 Å². The molecular weight excluding hydrogens is 313 g/mol. The second-order valence-electron chi connectivity index (χ2n) is 4.69. The Morgan fingerprint density at radius 2 is 1.78 bits per heavy atom. The lowest BCUT2D eigenvalue weighted by atomic mass is 10.2. The van der Waals surface area contributed by atoms with Crippen LogP contribution in [0.1, 0.15) is 11.6 Å². The van der Waals surface area contributed by atoms with E-state index < -0.39 is 12.1 Å². The van der Waals surface area contributed by atoms with Crippen molar-refractivity contribution in [1.29, 1.82) is 0 Å². The second kappa shape index (κ2) is 5.34. The molecule has 3 rings (SSSR count). The van der Waals surface area contributed by atoms with E-state index in [0.29, 0.717) is 16.9 Å². The maximum atomic E-state index is 12.4. The summed E-state index contributed by atoms with van der Waals surface area (Å²) in [5, 5.41) is 7.38. The minimum atomic E-state index is -4.69. The first-order valence-corrected chi connectivity index (χ1v) is 6.43. The van der Waals surface area contributed by atoms with E-state index in [1.165, 1.54) is 35.0 Å². The summed E-state index contributed by atoms with van der Waals surface area (Å²) in [6.07, 6.45) is -4.69. The van der Waals surface area contributed by atoms with E-state index in [9.17, 15) is 18.0 Å². The van der Waals surface area contributed by atoms with Gasteiger partial charge in [0.25, 0.3) is 5.56 Å². The molecule has 3 aromatic rings. The average Bonchev–Trinajstić information content (AvgIpc) is 3.00. The van der Waals surface area contributed by atoms with Gasteiger partial charge in [-0.25, -0.2) is 0 Å². The Balaban J connectivity index is 1.95. The Bertz CT molecular complexity index is 897. The molecule has 23 heavy (non-hydrogen) atoms. The van der Waals surface area contributed by atoms with Gasteiger partial charge in [0, 0.05) is 11.6 Å². The summed E-state index contributed by atoms with van der Waals surface area (Å²) in [7, 11) is 0. The van der Waals surface area contributed by atoms with Crippen molar-refractivity contribution < 1.29 is 17.7 Å². The smallest absolute Gasteiger partial charge is 0.329 e. The Morgan fingerprint density at radius 1 is 1.09 bits per heavy atom. The van der Waals surface area contributed by atoms with Crippen LogP contribution in [0, 0.1) is 6.92 Å². The van der Waals surface area contributed by atoms with Crippen LogP contribution in [-0.2, 0) is 6.18 Å². The second-order valence-corrected chi connectivity index (χ2v) is 4.69. The average molecular weight is 322 g/mol. The summed E-state index contributed by atoms with van der Waals surface area (Å²) < 4.78 is 42.7. The first-order valence-electron chi connectivity index (χ1n) is 6.43. The zero-order chi connectivity index (χ0) is 16.6. The first kappa shape index (κ1) is 14.9. The topological polar surface area (TPSA) is 73.8 Å². The van der Waals surface area contributed by atoms with Gasteiger partial charge in [0.15, 0.2) is 0 Å². The summed E-state index contributed by atoms with van der Waals surface area (Å²) in [6.45, 7) is 1.74. The third kappa shape index (κ3) is 2.98. The Labute approximate surface area is 127 Å². The molecule has 0 saturated carbocycles. The Hall–Kier alpha value is -2.97. The van der Waals surface area contributed by atoms with E-state index >= 15 is 0 Å². The van der Waals surface area contributed by atoms with Crippen molar-refractivity contribution >= 4 is 0 Å². The van der Waals surface area contributed by atoms with Crippen LogP contribution in [0.4, 0.5) is 13.2 Å². The number of rotatable bonds is 2. The molecule has 0 bridgehead atoms. The van der Waals surface area contributed by atoms with E-state index in [1.807, 2.05) is 0 Å². The molecule has 0 atom stereocenters. The SMILES string of the molecule is Cc1ccc(=O)n(-c2ccc(-c3noc(C(F)(F)F)n3)cc2)n1. The molecular formula is C14H9F3N4O2. The third-order valence-corrected chi connectivity index (χ3v) is 2.97. The Morgan fingerprint density at radius 3 is 2.39 bits per heavy atom. The quantitative estimate of drug-likeness (QED) is 0.725. The van der Waals surface area contributed by atoms with Gasteiger partial charge in [-0.2, -0.15) is 27.9 Å². The summed E-state index contributed by atoms with van der Waals surface area (Å²) in [6, 6.07) is 9.00. The fraction of sp³-hybridized carbons (Fsp3) is 0.143. The fourth-order valence-electron chi connectivity index (χ4n) is 1.90. The molecule has 0 unspecified atom stereocenters. The molecule has 118 valence electrons. The molecule has 2 heterocycles. The molecule has 0 fully saturated rings. The summed E-state index contributed by atoms with van der Waals surface area (Å²) in [5.41, 5.74) is 1.14. The molecule has 0 spiro atoms. The molecule has 1 aromatic carbocycles. The highest BCUT2D eigenvalue weighted by Crippen LogP contribution is 2.29. The van der Waals surface area contributed by atoms with Gasteiger partial charge in [-0.05, 0) is 37.3 Å². The highest BCUT2D eigenvalue weighted by Gasteiger charge is 2.38. The highest BCUT2D eigenvalue weighted by molar-refractivity contribution is 5.56. The van der Waals surface area contributed by atoms with Gasteiger partial charge in [-0.1, -0.05) is 5.16 Å². The van der Waals surface area contributed by atoms with Crippen molar-refractivity contribution in [3.63, 3.8) is 0 Å². The summed E-state index contributed by atoms with van der Waals surface area (Å²) >= 11 is 0. The maximum Gasteiger partial charge on any atom is 0.471 e. The molecule has 0 N–H and O–H groups in total. The van der Waals surface area contributed by atoms with Crippen LogP contribution in [0.5, 0.6) is 0 Å². The van der Waals surface area contributed by atoms with Gasteiger partial charge in [0.05, 0.1) is 11.4 Å². The van der Waals surface area contributed by atoms with Gasteiger partial charge in [-0.15, -0.1) is 0 Å². The van der Waals surface area contributed by atoms with E-state index in [-0.39, 0.29) is 11.4 Å². The lowest BCUT2D eigenvalue weighted by molar-refractivity contribution is -0.159. The van der Waals surface area contributed by atoms with Crippen molar-refractivity contribution in [2.75, 3.05) is 0 Å². The number of benzene rings is 1. The number of hydrogen-bond donors (Lipinski definition) is 0. The molecule has 9 heteroatoms. The molecule has 0 aliphatic rings. The number of aryl methyl sites for hydroxylation is 1. The number of halogens is 3. The summed E-state index contributed by atoms with van der Waals surface area (Å²) in [5.74, 6) is -1.60. The number of aromatic nitrogens is 4. The molecule has 0 radical (unpaired) electrons. The van der Waals surface area contributed by atoms with Crippen molar-refractivity contribution in [3.8, 4) is 17.1 Å². The molecule has 0 aliphatic carbocycles. The number of hydrogen-bond acceptors (Lipinski definition) is 5. The van der Waals surface area contributed by atoms with Gasteiger partial charge in [0.2, 0.25) is 5.82 Å². The minimum absolute atomic E-state index is 0.187. The zero-order valence-corrected chi connectivity index (χ0v) is 11.7. The largest absolute Gasteiger partial charge is 0.471 e. The van der Waals surface area contributed by atoms with Crippen LogP contribution >= 0.6 is 0 Å². The fourth-order valence-corrected chi connectivity index (χ4v) is 1.90. The van der Waals surface area contributed by atoms with Crippen LogP contribution in [0.2, 0.25) is 0 Å². The number of alkyl halides is 3. The van der Waals surface area contributed by atoms with Crippen molar-refractivity contribution in [1.82, 2.24) is 19.9 Å². The molecule has 0 saturated heterocycles. The Kier molecular flexibility index (Phi) is 3.47. The molecule has 0 amide bonds. The van der Waals surface area contributed by atoms with Gasteiger partial charge in [-0.3, -0.25) is 4.79 Å². The van der Waals surface area contributed by atoms with Crippen molar-refractivity contribution in [2.24, 2.45) is 0 Å². The van der Waals surface area contributed by atoms with Crippen LogP contribution in [0.25, 0.3) is 17.1 Å². The summed E-state index contributed by atoms with van der Waals surface area (Å²) in [4.78, 5) is 15.1. The highest BCUT2D eigenvalue weighted by atomic mass is 19.4. The maximum absolute atomic E-state index is 12.4. The van der Waals surface area contributed by atoms with Gasteiger partial charge < -0.3 is 4.52 Å². The van der Waals surface area contributed by atoms with E-state index in [0.717, 1.165) is 0 Å². The van der Waals surface area contributed by atoms with Gasteiger partial charge >= 0.3 is 12.1 Å². The normalized spacial score (nSPS) is 11.7. The van der Waals surface area contributed by atoms with Crippen LogP contribution in [-0.4, -0.2) is 19.9 Å². The molecule has 2 aromatic heterocycles. The zero-order valence-electron chi connectivity index (χ0n) is 11.7. The van der Waals surface area contributed by atoms with Crippen molar-refractivity contribution in [3.05, 3.63) is 58.3 Å². The van der Waals surface area contributed by atoms with Crippen LogP contribution in [0.3, 0.4) is 0 Å². The lowest BCUT2D eigenvalue weighted by Crippen LogP contribution is -2.20. The van der Waals surface area contributed by atoms with Crippen LogP contribution in [0.15, 0.2) is 45.7 Å². The molecule has 0 aliphatic heterocycles. The van der Waals surface area contributed by atoms with E-state index in [2.05, 4.69) is 19.8 Å². The minimum Gasteiger partial charge on any atom is -0.329 e. The number of nitrogens with zero attached hydrogens (tertiary/aromatic N) is 4. The predicted molar refractivity (Wildman–Crippen MR) is 72.9 cm³/mol. The first-order chi connectivity index (χ1) is 10.8. The van der Waals surface area contributed by atoms with E-state index in [4.69, 9.17) is 0 Å². The monoisotopic (exact) mass is 322 g/mol. The lowest BCUT2D eigenvalue weighted by Gasteiger charge is -2.05. The third-order valence-electron chi connectivity index (χ3n) is 2.97. The predicted octanol–water partition coefficient (Wildman–Crippen LogP) is 2.61. The van der Waals surface area contributed by atoms with E-state index in [1.54, 1.807) is 13.0 Å². The van der Waals surface area contributed by atoms with Crippen molar-refractivity contribution in [2.45, 2.75) is 13.1 Å². The standard InChI is InChI=1S/C14H9F3N4O2/c1-8-2-7-11(22)21(19-8)10-5-3-9(4-6-10)12-18-13(23-20-12)14(15,16)17/h2-7H,1H3. The molecule has 6 nitrogen and oxygen atoms in total.